The third-order valence-electron chi connectivity index (χ3n) is 7.02. The van der Waals surface area contributed by atoms with Gasteiger partial charge in [-0.3, -0.25) is 0 Å². The van der Waals surface area contributed by atoms with E-state index in [4.69, 9.17) is 4.74 Å². The maximum absolute atomic E-state index is 14.9. The summed E-state index contributed by atoms with van der Waals surface area (Å²) >= 11 is 0. The lowest BCUT2D eigenvalue weighted by Gasteiger charge is -2.41. The average Bonchev–Trinajstić information content (AvgIpc) is 2.75. The number of hydrogen-bond donors (Lipinski definition) is 0. The summed E-state index contributed by atoms with van der Waals surface area (Å²) in [6.07, 6.45) is 8.80. The third-order valence-corrected chi connectivity index (χ3v) is 7.02. The molecule has 4 atom stereocenters. The molecule has 2 fully saturated rings. The summed E-state index contributed by atoms with van der Waals surface area (Å²) in [6.45, 7) is 5.58. The van der Waals surface area contributed by atoms with E-state index in [1.54, 1.807) is 25.1 Å². The van der Waals surface area contributed by atoms with Gasteiger partial charge in [-0.05, 0) is 98.4 Å². The molecule has 4 rings (SSSR count). The zero-order chi connectivity index (χ0) is 21.3. The molecule has 0 N–H and O–H groups in total. The van der Waals surface area contributed by atoms with Crippen LogP contribution in [0.4, 0.5) is 8.78 Å². The lowest BCUT2D eigenvalue weighted by Crippen LogP contribution is -2.30. The topological polar surface area (TPSA) is 26.3 Å². The van der Waals surface area contributed by atoms with Gasteiger partial charge >= 0.3 is 5.97 Å². The predicted molar refractivity (Wildman–Crippen MR) is 114 cm³/mol. The van der Waals surface area contributed by atoms with Gasteiger partial charge in [0.1, 0.15) is 17.4 Å². The van der Waals surface area contributed by atoms with Crippen molar-refractivity contribution in [3.63, 3.8) is 0 Å². The maximum Gasteiger partial charge on any atom is 0.343 e. The van der Waals surface area contributed by atoms with E-state index < -0.39 is 11.8 Å². The van der Waals surface area contributed by atoms with E-state index >= 15 is 0 Å². The number of aryl methyl sites for hydroxylation is 1. The Labute approximate surface area is 177 Å². The SMILES string of the molecule is C=CC1CCC2CC(c3ccc(C(=O)Oc4ccc(C)c(F)c4)cc3F)CCC2C1. The Hall–Kier alpha value is -2.49. The molecule has 0 heterocycles. The zero-order valence-electron chi connectivity index (χ0n) is 17.4. The van der Waals surface area contributed by atoms with Crippen LogP contribution in [0.1, 0.15) is 65.9 Å². The first kappa shape index (κ1) is 20.8. The smallest absolute Gasteiger partial charge is 0.343 e. The minimum absolute atomic E-state index is 0.112. The molecule has 2 saturated carbocycles. The number of fused-ring (bicyclic) bond motifs is 1. The van der Waals surface area contributed by atoms with Crippen LogP contribution in [0.3, 0.4) is 0 Å². The number of carbonyl (C=O) groups excluding carboxylic acids is 1. The number of rotatable bonds is 4. The first-order valence-electron chi connectivity index (χ1n) is 10.8. The largest absolute Gasteiger partial charge is 0.423 e. The molecule has 0 amide bonds. The van der Waals surface area contributed by atoms with Crippen LogP contribution in [0.2, 0.25) is 0 Å². The molecule has 0 saturated heterocycles. The molecule has 2 aromatic rings. The number of allylic oxidation sites excluding steroid dienone is 1. The highest BCUT2D eigenvalue weighted by Gasteiger charge is 2.36. The summed E-state index contributed by atoms with van der Waals surface area (Å²) in [4.78, 5) is 12.4. The molecule has 4 heteroatoms. The van der Waals surface area contributed by atoms with Crippen LogP contribution in [0.15, 0.2) is 49.1 Å². The van der Waals surface area contributed by atoms with Gasteiger partial charge in [-0.1, -0.05) is 18.2 Å². The maximum atomic E-state index is 14.9. The van der Waals surface area contributed by atoms with Crippen molar-refractivity contribution in [1.82, 2.24) is 0 Å². The van der Waals surface area contributed by atoms with Crippen LogP contribution in [0, 0.1) is 36.3 Å². The Morgan fingerprint density at radius 2 is 1.77 bits per heavy atom. The van der Waals surface area contributed by atoms with E-state index in [2.05, 4.69) is 12.7 Å². The number of ether oxygens (including phenoxy) is 1. The highest BCUT2D eigenvalue weighted by atomic mass is 19.1. The Balaban J connectivity index is 1.43. The molecule has 0 bridgehead atoms. The molecule has 0 radical (unpaired) electrons. The van der Waals surface area contributed by atoms with E-state index in [1.165, 1.54) is 31.4 Å². The Morgan fingerprint density at radius 3 is 2.50 bits per heavy atom. The molecular formula is C26H28F2O2. The third kappa shape index (κ3) is 4.33. The summed E-state index contributed by atoms with van der Waals surface area (Å²) in [5.41, 5.74) is 1.30. The van der Waals surface area contributed by atoms with Gasteiger partial charge in [-0.15, -0.1) is 6.58 Å². The van der Waals surface area contributed by atoms with Crippen molar-refractivity contribution >= 4 is 5.97 Å². The van der Waals surface area contributed by atoms with E-state index in [1.807, 2.05) is 0 Å². The minimum atomic E-state index is -0.685. The van der Waals surface area contributed by atoms with Crippen molar-refractivity contribution in [2.24, 2.45) is 17.8 Å². The lowest BCUT2D eigenvalue weighted by atomic mass is 9.64. The number of benzene rings is 2. The van der Waals surface area contributed by atoms with E-state index in [0.717, 1.165) is 31.2 Å². The average molecular weight is 411 g/mol. The van der Waals surface area contributed by atoms with Gasteiger partial charge in [0.05, 0.1) is 5.56 Å². The van der Waals surface area contributed by atoms with Crippen LogP contribution >= 0.6 is 0 Å². The van der Waals surface area contributed by atoms with Gasteiger partial charge < -0.3 is 4.74 Å². The second-order valence-electron chi connectivity index (χ2n) is 8.88. The quantitative estimate of drug-likeness (QED) is 0.309. The number of carbonyl (C=O) groups is 1. The zero-order valence-corrected chi connectivity index (χ0v) is 17.4. The Kier molecular flexibility index (Phi) is 6.03. The summed E-state index contributed by atoms with van der Waals surface area (Å²) in [7, 11) is 0. The van der Waals surface area contributed by atoms with Gasteiger partial charge in [0, 0.05) is 6.07 Å². The van der Waals surface area contributed by atoms with Crippen LogP contribution in [-0.2, 0) is 0 Å². The van der Waals surface area contributed by atoms with Crippen molar-refractivity contribution in [2.75, 3.05) is 0 Å². The fraction of sp³-hybridized carbons (Fsp3) is 0.423. The molecule has 158 valence electrons. The highest BCUT2D eigenvalue weighted by molar-refractivity contribution is 5.91. The molecule has 0 aromatic heterocycles. The molecule has 2 aromatic carbocycles. The lowest BCUT2D eigenvalue weighted by molar-refractivity contribution is 0.0733. The highest BCUT2D eigenvalue weighted by Crippen LogP contribution is 2.48. The minimum Gasteiger partial charge on any atom is -0.423 e. The molecule has 0 aliphatic heterocycles. The van der Waals surface area contributed by atoms with Crippen LogP contribution in [-0.4, -0.2) is 5.97 Å². The summed E-state index contributed by atoms with van der Waals surface area (Å²) < 4.78 is 33.8. The number of esters is 1. The predicted octanol–water partition coefficient (Wildman–Crippen LogP) is 6.98. The molecule has 2 aliphatic rings. The fourth-order valence-electron chi connectivity index (χ4n) is 5.21. The van der Waals surface area contributed by atoms with Crippen molar-refractivity contribution in [3.05, 3.63) is 77.4 Å². The normalized spacial score (nSPS) is 26.0. The summed E-state index contributed by atoms with van der Waals surface area (Å²) in [6, 6.07) is 8.83. The van der Waals surface area contributed by atoms with Crippen molar-refractivity contribution in [2.45, 2.75) is 51.4 Å². The van der Waals surface area contributed by atoms with Crippen LogP contribution in [0.25, 0.3) is 0 Å². The van der Waals surface area contributed by atoms with E-state index in [9.17, 15) is 13.6 Å². The van der Waals surface area contributed by atoms with Gasteiger partial charge in [0.15, 0.2) is 0 Å². The van der Waals surface area contributed by atoms with Gasteiger partial charge in [-0.25, -0.2) is 13.6 Å². The second-order valence-corrected chi connectivity index (χ2v) is 8.88. The number of hydrogen-bond acceptors (Lipinski definition) is 2. The van der Waals surface area contributed by atoms with Gasteiger partial charge in [0.25, 0.3) is 0 Å². The van der Waals surface area contributed by atoms with Gasteiger partial charge in [0.2, 0.25) is 0 Å². The standard InChI is InChI=1S/C26H28F2O2/c1-3-17-5-6-19-13-20(8-7-18(19)12-17)23-11-9-21(14-25(23)28)26(29)30-22-10-4-16(2)24(27)15-22/h3-4,9-11,14-15,17-20H,1,5-8,12-13H2,2H3. The number of halogens is 2. The monoisotopic (exact) mass is 410 g/mol. The first-order valence-corrected chi connectivity index (χ1v) is 10.8. The van der Waals surface area contributed by atoms with Gasteiger partial charge in [-0.2, -0.15) is 0 Å². The van der Waals surface area contributed by atoms with Crippen LogP contribution < -0.4 is 4.74 Å². The molecule has 30 heavy (non-hydrogen) atoms. The first-order chi connectivity index (χ1) is 14.4. The summed E-state index contributed by atoms with van der Waals surface area (Å²) in [5.74, 6) is 0.832. The van der Waals surface area contributed by atoms with E-state index in [0.29, 0.717) is 23.0 Å². The Morgan fingerprint density at radius 1 is 1.00 bits per heavy atom. The summed E-state index contributed by atoms with van der Waals surface area (Å²) in [5, 5.41) is 0. The second kappa shape index (κ2) is 8.71. The molecule has 2 nitrogen and oxygen atoms in total. The molecular weight excluding hydrogens is 382 g/mol. The van der Waals surface area contributed by atoms with Crippen molar-refractivity contribution < 1.29 is 18.3 Å². The molecule has 4 unspecified atom stereocenters. The Bertz CT molecular complexity index is 952. The molecule has 2 aliphatic carbocycles. The fourth-order valence-corrected chi connectivity index (χ4v) is 5.21. The van der Waals surface area contributed by atoms with Crippen LogP contribution in [0.5, 0.6) is 5.75 Å². The van der Waals surface area contributed by atoms with Crippen molar-refractivity contribution in [3.8, 4) is 5.75 Å². The molecule has 0 spiro atoms. The van der Waals surface area contributed by atoms with Crippen molar-refractivity contribution in [1.29, 1.82) is 0 Å². The van der Waals surface area contributed by atoms with E-state index in [-0.39, 0.29) is 23.0 Å².